The van der Waals surface area contributed by atoms with Crippen LogP contribution in [0.4, 0.5) is 5.69 Å². The number of amides is 2. The molecular weight excluding hydrogens is 400 g/mol. The summed E-state index contributed by atoms with van der Waals surface area (Å²) in [5.41, 5.74) is 0.436. The van der Waals surface area contributed by atoms with Crippen molar-refractivity contribution in [1.29, 1.82) is 0 Å². The summed E-state index contributed by atoms with van der Waals surface area (Å²) in [5, 5.41) is 22.5. The van der Waals surface area contributed by atoms with Crippen LogP contribution in [0.3, 0.4) is 0 Å². The van der Waals surface area contributed by atoms with Crippen molar-refractivity contribution in [2.24, 2.45) is 11.8 Å². The maximum absolute atomic E-state index is 13.6. The van der Waals surface area contributed by atoms with Gasteiger partial charge in [0.15, 0.2) is 0 Å². The van der Waals surface area contributed by atoms with E-state index in [1.165, 1.54) is 0 Å². The quantitative estimate of drug-likeness (QED) is 0.630. The fourth-order valence-corrected chi connectivity index (χ4v) is 4.93. The molecular formula is C23H22N2O6. The molecule has 2 aliphatic rings. The molecule has 8 heteroatoms. The van der Waals surface area contributed by atoms with Gasteiger partial charge in [-0.25, -0.2) is 4.90 Å². The summed E-state index contributed by atoms with van der Waals surface area (Å²) in [6.07, 6.45) is -0.827. The lowest BCUT2D eigenvalue weighted by Gasteiger charge is -2.30. The normalized spacial score (nSPS) is 27.4. The first-order chi connectivity index (χ1) is 14.7. The van der Waals surface area contributed by atoms with E-state index < -0.39 is 53.6 Å². The number of benzene rings is 2. The molecule has 2 aliphatic heterocycles. The van der Waals surface area contributed by atoms with Crippen molar-refractivity contribution in [2.45, 2.75) is 31.8 Å². The van der Waals surface area contributed by atoms with E-state index in [1.54, 1.807) is 43.3 Å². The van der Waals surface area contributed by atoms with Crippen LogP contribution in [0.5, 0.6) is 0 Å². The lowest BCUT2D eigenvalue weighted by Crippen LogP contribution is -2.57. The van der Waals surface area contributed by atoms with Crippen molar-refractivity contribution in [3.05, 3.63) is 65.2 Å². The Morgan fingerprint density at radius 1 is 0.968 bits per heavy atom. The molecule has 2 amide bonds. The minimum Gasteiger partial charge on any atom is -0.481 e. The Balaban J connectivity index is 1.92. The topological polar surface area (TPSA) is 124 Å². The van der Waals surface area contributed by atoms with E-state index >= 15 is 0 Å². The van der Waals surface area contributed by atoms with Gasteiger partial charge >= 0.3 is 11.9 Å². The number of carboxylic acids is 2. The van der Waals surface area contributed by atoms with Gasteiger partial charge in [0.05, 0.1) is 23.9 Å². The van der Waals surface area contributed by atoms with Crippen LogP contribution in [-0.4, -0.2) is 39.5 Å². The van der Waals surface area contributed by atoms with Gasteiger partial charge in [-0.1, -0.05) is 42.5 Å². The number of carbonyl (C=O) groups is 4. The molecule has 0 spiro atoms. The third-order valence-corrected chi connectivity index (χ3v) is 6.35. The highest BCUT2D eigenvalue weighted by atomic mass is 16.4. The van der Waals surface area contributed by atoms with Gasteiger partial charge in [-0.15, -0.1) is 0 Å². The van der Waals surface area contributed by atoms with E-state index in [2.05, 4.69) is 5.32 Å². The summed E-state index contributed by atoms with van der Waals surface area (Å²) in [7, 11) is 0. The first-order valence-electron chi connectivity index (χ1n) is 9.91. The zero-order chi connectivity index (χ0) is 22.5. The van der Waals surface area contributed by atoms with Crippen molar-refractivity contribution in [1.82, 2.24) is 5.32 Å². The molecule has 3 N–H and O–H groups in total. The maximum atomic E-state index is 13.6. The SMILES string of the molecule is Cc1ccccc1C1NC(CC(=O)O)(C(=O)O)C2C(=O)N(c3ccccc3C)C(=O)C12. The summed E-state index contributed by atoms with van der Waals surface area (Å²) in [6.45, 7) is 3.58. The van der Waals surface area contributed by atoms with E-state index in [1.807, 2.05) is 19.1 Å². The second-order valence-corrected chi connectivity index (χ2v) is 8.13. The highest BCUT2D eigenvalue weighted by Crippen LogP contribution is 2.51. The van der Waals surface area contributed by atoms with Gasteiger partial charge in [-0.3, -0.25) is 24.5 Å². The average molecular weight is 422 g/mol. The Kier molecular flexibility index (Phi) is 4.89. The van der Waals surface area contributed by atoms with Gasteiger partial charge in [0, 0.05) is 6.04 Å². The third kappa shape index (κ3) is 3.02. The van der Waals surface area contributed by atoms with Crippen molar-refractivity contribution in [3.63, 3.8) is 0 Å². The summed E-state index contributed by atoms with van der Waals surface area (Å²) in [5.74, 6) is -6.45. The number of para-hydroxylation sites is 1. The van der Waals surface area contributed by atoms with E-state index in [-0.39, 0.29) is 0 Å². The van der Waals surface area contributed by atoms with E-state index in [0.29, 0.717) is 16.8 Å². The molecule has 0 bridgehead atoms. The van der Waals surface area contributed by atoms with Crippen molar-refractivity contribution in [2.75, 3.05) is 4.90 Å². The molecule has 2 fully saturated rings. The number of aliphatic carboxylic acids is 2. The second-order valence-electron chi connectivity index (χ2n) is 8.13. The largest absolute Gasteiger partial charge is 0.481 e. The lowest BCUT2D eigenvalue weighted by atomic mass is 9.77. The number of aryl methyl sites for hydroxylation is 2. The minimum absolute atomic E-state index is 0.380. The molecule has 4 rings (SSSR count). The average Bonchev–Trinajstić information content (AvgIpc) is 3.17. The first kappa shape index (κ1) is 20.7. The molecule has 0 radical (unpaired) electrons. The first-order valence-corrected chi connectivity index (χ1v) is 9.91. The van der Waals surface area contributed by atoms with Crippen LogP contribution in [0, 0.1) is 25.7 Å². The van der Waals surface area contributed by atoms with Gasteiger partial charge in [0.2, 0.25) is 11.8 Å². The molecule has 2 aromatic carbocycles. The van der Waals surface area contributed by atoms with Gasteiger partial charge < -0.3 is 10.2 Å². The summed E-state index contributed by atoms with van der Waals surface area (Å²) in [4.78, 5) is 52.2. The lowest BCUT2D eigenvalue weighted by molar-refractivity contribution is -0.154. The monoisotopic (exact) mass is 422 g/mol. The molecule has 8 nitrogen and oxygen atoms in total. The van der Waals surface area contributed by atoms with Crippen LogP contribution >= 0.6 is 0 Å². The number of carboxylic acid groups (broad SMARTS) is 2. The van der Waals surface area contributed by atoms with E-state index in [4.69, 9.17) is 0 Å². The predicted molar refractivity (Wildman–Crippen MR) is 110 cm³/mol. The number of nitrogens with one attached hydrogen (secondary N) is 1. The molecule has 31 heavy (non-hydrogen) atoms. The number of carbonyl (C=O) groups excluding carboxylic acids is 2. The van der Waals surface area contributed by atoms with Crippen LogP contribution in [0.15, 0.2) is 48.5 Å². The smallest absolute Gasteiger partial charge is 0.325 e. The molecule has 2 aromatic rings. The van der Waals surface area contributed by atoms with Crippen molar-refractivity contribution in [3.8, 4) is 0 Å². The zero-order valence-electron chi connectivity index (χ0n) is 17.0. The number of anilines is 1. The molecule has 4 atom stereocenters. The third-order valence-electron chi connectivity index (χ3n) is 6.35. The van der Waals surface area contributed by atoms with Gasteiger partial charge in [-0.05, 0) is 36.6 Å². The number of rotatable bonds is 5. The molecule has 2 heterocycles. The highest BCUT2D eigenvalue weighted by Gasteiger charge is 2.69. The van der Waals surface area contributed by atoms with Crippen LogP contribution in [0.25, 0.3) is 0 Å². The maximum Gasteiger partial charge on any atom is 0.325 e. The number of fused-ring (bicyclic) bond motifs is 1. The molecule has 0 saturated carbocycles. The van der Waals surface area contributed by atoms with Gasteiger partial charge in [-0.2, -0.15) is 0 Å². The second kappa shape index (κ2) is 7.31. The number of nitrogens with zero attached hydrogens (tertiary/aromatic N) is 1. The van der Waals surface area contributed by atoms with E-state index in [0.717, 1.165) is 10.5 Å². The zero-order valence-corrected chi connectivity index (χ0v) is 17.0. The minimum atomic E-state index is -2.10. The molecule has 2 saturated heterocycles. The number of imide groups is 1. The van der Waals surface area contributed by atoms with E-state index in [9.17, 15) is 29.4 Å². The number of hydrogen-bond donors (Lipinski definition) is 3. The van der Waals surface area contributed by atoms with Crippen LogP contribution < -0.4 is 10.2 Å². The Hall–Kier alpha value is -3.52. The number of hydrogen-bond acceptors (Lipinski definition) is 5. The summed E-state index contributed by atoms with van der Waals surface area (Å²) < 4.78 is 0. The van der Waals surface area contributed by atoms with Crippen LogP contribution in [-0.2, 0) is 19.2 Å². The van der Waals surface area contributed by atoms with Gasteiger partial charge in [0.1, 0.15) is 5.54 Å². The molecule has 0 aromatic heterocycles. The summed E-state index contributed by atoms with van der Waals surface area (Å²) in [6, 6.07) is 13.2. The molecule has 0 aliphatic carbocycles. The highest BCUT2D eigenvalue weighted by molar-refractivity contribution is 6.24. The summed E-state index contributed by atoms with van der Waals surface area (Å²) >= 11 is 0. The van der Waals surface area contributed by atoms with Gasteiger partial charge in [0.25, 0.3) is 0 Å². The van der Waals surface area contributed by atoms with Crippen LogP contribution in [0.2, 0.25) is 0 Å². The predicted octanol–water partition coefficient (Wildman–Crippen LogP) is 2.05. The Labute approximate surface area is 178 Å². The van der Waals surface area contributed by atoms with Crippen LogP contribution in [0.1, 0.15) is 29.2 Å². The molecule has 4 unspecified atom stereocenters. The fraction of sp³-hybridized carbons (Fsp3) is 0.304. The Bertz CT molecular complexity index is 1110. The Morgan fingerprint density at radius 3 is 2.16 bits per heavy atom. The fourth-order valence-electron chi connectivity index (χ4n) is 4.93. The van der Waals surface area contributed by atoms with Crippen molar-refractivity contribution < 1.29 is 29.4 Å². The molecule has 160 valence electrons. The standard InChI is InChI=1S/C23H22N2O6/c1-12-7-3-5-9-14(12)19-17-18(23(24-19,22(30)31)11-16(26)27)21(29)25(20(17)28)15-10-6-4-8-13(15)2/h3-10,17-19,24H,11H2,1-2H3,(H,26,27)(H,30,31). The van der Waals surface area contributed by atoms with Crippen molar-refractivity contribution >= 4 is 29.4 Å². The Morgan fingerprint density at radius 2 is 1.58 bits per heavy atom.